The molecule has 0 fully saturated rings. The summed E-state index contributed by atoms with van der Waals surface area (Å²) >= 11 is 0. The van der Waals surface area contributed by atoms with E-state index in [0.717, 1.165) is 0 Å². The number of hydrogen-bond donors (Lipinski definition) is 1. The lowest BCUT2D eigenvalue weighted by Crippen LogP contribution is -2.27. The Bertz CT molecular complexity index is 260. The Labute approximate surface area is 107 Å². The predicted molar refractivity (Wildman–Crippen MR) is 65.0 cm³/mol. The topological polar surface area (TPSA) is 74.2 Å². The molecule has 0 aromatic rings. The first-order valence-electron chi connectivity index (χ1n) is 6.08. The van der Waals surface area contributed by atoms with Crippen molar-refractivity contribution < 1.29 is 28.8 Å². The quantitative estimate of drug-likeness (QED) is 0.367. The van der Waals surface area contributed by atoms with Gasteiger partial charge in [0.1, 0.15) is 0 Å². The zero-order valence-electron chi connectivity index (χ0n) is 11.4. The monoisotopic (exact) mass is 262 g/mol. The van der Waals surface area contributed by atoms with Gasteiger partial charge in [-0.15, -0.1) is 0 Å². The van der Waals surface area contributed by atoms with Crippen molar-refractivity contribution in [2.24, 2.45) is 0 Å². The zero-order chi connectivity index (χ0) is 14.0. The molecule has 0 rings (SSSR count). The summed E-state index contributed by atoms with van der Waals surface area (Å²) < 4.78 is 20.9. The second-order valence-electron chi connectivity index (χ2n) is 3.11. The fourth-order valence-electron chi connectivity index (χ4n) is 1.26. The molecule has 18 heavy (non-hydrogen) atoms. The van der Waals surface area contributed by atoms with E-state index in [1.165, 1.54) is 0 Å². The van der Waals surface area contributed by atoms with Crippen molar-refractivity contribution in [2.75, 3.05) is 26.4 Å². The van der Waals surface area contributed by atoms with Gasteiger partial charge in [0.15, 0.2) is 11.9 Å². The second-order valence-corrected chi connectivity index (χ2v) is 3.11. The number of carbonyl (C=O) groups is 1. The molecule has 0 aromatic carbocycles. The molecule has 0 unspecified atom stereocenters. The molecule has 0 spiro atoms. The highest BCUT2D eigenvalue weighted by Gasteiger charge is 2.28. The second kappa shape index (κ2) is 9.73. The van der Waals surface area contributed by atoms with Crippen LogP contribution in [-0.2, 0) is 23.7 Å². The molecule has 0 bridgehead atoms. The summed E-state index contributed by atoms with van der Waals surface area (Å²) in [6.45, 7) is 8.26. The van der Waals surface area contributed by atoms with E-state index in [2.05, 4.69) is 0 Å². The van der Waals surface area contributed by atoms with E-state index >= 15 is 0 Å². The van der Waals surface area contributed by atoms with Gasteiger partial charge in [0, 0.05) is 13.2 Å². The predicted octanol–water partition coefficient (Wildman–Crippen LogP) is 1.75. The van der Waals surface area contributed by atoms with E-state index in [1.54, 1.807) is 27.7 Å². The molecule has 0 saturated carbocycles. The van der Waals surface area contributed by atoms with Crippen molar-refractivity contribution >= 4 is 5.97 Å². The number of carboxylic acid groups (broad SMARTS) is 1. The van der Waals surface area contributed by atoms with Gasteiger partial charge in [-0.25, -0.2) is 4.79 Å². The highest BCUT2D eigenvalue weighted by Crippen LogP contribution is 2.17. The maximum absolute atomic E-state index is 11.3. The zero-order valence-corrected chi connectivity index (χ0v) is 11.4. The summed E-state index contributed by atoms with van der Waals surface area (Å²) in [5, 5.41) is 9.24. The molecule has 0 aliphatic carbocycles. The van der Waals surface area contributed by atoms with E-state index in [-0.39, 0.29) is 11.5 Å². The standard InChI is InChI=1S/C12H22O6/c1-5-15-11(16-6-2)9(10(13)14)12(17-7-3)18-8-4/h11H,5-8H2,1-4H3,(H,13,14). The number of ether oxygens (including phenoxy) is 4. The minimum absolute atomic E-state index is 0.0561. The van der Waals surface area contributed by atoms with Crippen molar-refractivity contribution in [1.29, 1.82) is 0 Å². The molecule has 0 aliphatic heterocycles. The molecule has 0 aromatic heterocycles. The van der Waals surface area contributed by atoms with Crippen molar-refractivity contribution in [3.05, 3.63) is 11.5 Å². The molecular weight excluding hydrogens is 240 g/mol. The van der Waals surface area contributed by atoms with Crippen LogP contribution in [0, 0.1) is 0 Å². The van der Waals surface area contributed by atoms with Crippen molar-refractivity contribution in [3.63, 3.8) is 0 Å². The maximum atomic E-state index is 11.3. The third kappa shape index (κ3) is 5.37. The molecule has 0 atom stereocenters. The number of hydrogen-bond acceptors (Lipinski definition) is 5. The molecule has 1 N–H and O–H groups in total. The Hall–Kier alpha value is -1.27. The van der Waals surface area contributed by atoms with Gasteiger partial charge in [-0.2, -0.15) is 0 Å². The van der Waals surface area contributed by atoms with E-state index in [0.29, 0.717) is 26.4 Å². The largest absolute Gasteiger partial charge is 0.478 e. The van der Waals surface area contributed by atoms with Gasteiger partial charge in [-0.05, 0) is 27.7 Å². The van der Waals surface area contributed by atoms with Gasteiger partial charge in [-0.3, -0.25) is 0 Å². The number of aliphatic carboxylic acids is 1. The third-order valence-electron chi connectivity index (χ3n) is 1.87. The Morgan fingerprint density at radius 3 is 1.67 bits per heavy atom. The molecule has 6 heteroatoms. The van der Waals surface area contributed by atoms with E-state index in [9.17, 15) is 9.90 Å². The fraction of sp³-hybridized carbons (Fsp3) is 0.750. The van der Waals surface area contributed by atoms with Crippen LogP contribution in [-0.4, -0.2) is 43.8 Å². The van der Waals surface area contributed by atoms with E-state index in [4.69, 9.17) is 18.9 Å². The fourth-order valence-corrected chi connectivity index (χ4v) is 1.26. The average Bonchev–Trinajstić information content (AvgIpc) is 2.30. The van der Waals surface area contributed by atoms with Crippen LogP contribution in [0.1, 0.15) is 27.7 Å². The Morgan fingerprint density at radius 2 is 1.39 bits per heavy atom. The first-order chi connectivity index (χ1) is 8.62. The molecule has 0 saturated heterocycles. The summed E-state index contributed by atoms with van der Waals surface area (Å²) in [7, 11) is 0. The number of rotatable bonds is 10. The lowest BCUT2D eigenvalue weighted by Gasteiger charge is -2.20. The lowest BCUT2D eigenvalue weighted by atomic mass is 10.2. The average molecular weight is 262 g/mol. The highest BCUT2D eigenvalue weighted by atomic mass is 16.7. The molecule has 0 heterocycles. The third-order valence-corrected chi connectivity index (χ3v) is 1.87. The molecule has 106 valence electrons. The first-order valence-corrected chi connectivity index (χ1v) is 6.08. The summed E-state index contributed by atoms with van der Waals surface area (Å²) in [6.07, 6.45) is -0.995. The Kier molecular flexibility index (Phi) is 9.04. The van der Waals surface area contributed by atoms with Gasteiger partial charge in [0.25, 0.3) is 5.95 Å². The summed E-state index contributed by atoms with van der Waals surface area (Å²) in [5.74, 6) is -1.24. The first kappa shape index (κ1) is 16.7. The molecule has 0 amide bonds. The van der Waals surface area contributed by atoms with Crippen molar-refractivity contribution in [2.45, 2.75) is 34.0 Å². The molecule has 0 radical (unpaired) electrons. The normalized spacial score (nSPS) is 10.3. The van der Waals surface area contributed by atoms with Crippen LogP contribution in [0.5, 0.6) is 0 Å². The SMILES string of the molecule is CCOC(OCC)=C(C(=O)O)C(OCC)OCC. The van der Waals surface area contributed by atoms with Gasteiger partial charge < -0.3 is 24.1 Å². The minimum atomic E-state index is -1.18. The van der Waals surface area contributed by atoms with Crippen LogP contribution in [0.2, 0.25) is 0 Å². The summed E-state index contributed by atoms with van der Waals surface area (Å²) in [4.78, 5) is 11.3. The van der Waals surface area contributed by atoms with Crippen molar-refractivity contribution in [1.82, 2.24) is 0 Å². The molecular formula is C12H22O6. The lowest BCUT2D eigenvalue weighted by molar-refractivity contribution is -0.149. The summed E-state index contributed by atoms with van der Waals surface area (Å²) in [5.41, 5.74) is -0.151. The van der Waals surface area contributed by atoms with Crippen LogP contribution in [0.4, 0.5) is 0 Å². The minimum Gasteiger partial charge on any atom is -0.478 e. The van der Waals surface area contributed by atoms with Gasteiger partial charge in [0.05, 0.1) is 13.2 Å². The Balaban J connectivity index is 5.27. The molecule has 6 nitrogen and oxygen atoms in total. The van der Waals surface area contributed by atoms with Crippen molar-refractivity contribution in [3.8, 4) is 0 Å². The Morgan fingerprint density at radius 1 is 0.944 bits per heavy atom. The molecule has 0 aliphatic rings. The van der Waals surface area contributed by atoms with E-state index in [1.807, 2.05) is 0 Å². The van der Waals surface area contributed by atoms with Crippen LogP contribution < -0.4 is 0 Å². The van der Waals surface area contributed by atoms with Gasteiger partial charge in [-0.1, -0.05) is 0 Å². The highest BCUT2D eigenvalue weighted by molar-refractivity contribution is 5.87. The maximum Gasteiger partial charge on any atom is 0.344 e. The van der Waals surface area contributed by atoms with Crippen LogP contribution >= 0.6 is 0 Å². The smallest absolute Gasteiger partial charge is 0.344 e. The van der Waals surface area contributed by atoms with Gasteiger partial charge in [0.2, 0.25) is 0 Å². The van der Waals surface area contributed by atoms with Gasteiger partial charge >= 0.3 is 5.97 Å². The van der Waals surface area contributed by atoms with Crippen LogP contribution in [0.15, 0.2) is 11.5 Å². The summed E-state index contributed by atoms with van der Waals surface area (Å²) in [6, 6.07) is 0. The van der Waals surface area contributed by atoms with Crippen LogP contribution in [0.25, 0.3) is 0 Å². The van der Waals surface area contributed by atoms with Crippen LogP contribution in [0.3, 0.4) is 0 Å². The van der Waals surface area contributed by atoms with E-state index < -0.39 is 12.3 Å². The number of carboxylic acids is 1.